The van der Waals surface area contributed by atoms with Crippen molar-refractivity contribution in [3.8, 4) is 0 Å². The molecule has 5 heteroatoms. The van der Waals surface area contributed by atoms with Crippen LogP contribution in [-0.2, 0) is 9.63 Å². The van der Waals surface area contributed by atoms with Gasteiger partial charge in [0.1, 0.15) is 12.4 Å². The van der Waals surface area contributed by atoms with E-state index >= 15 is 0 Å². The molecule has 4 fully saturated rings. The van der Waals surface area contributed by atoms with Gasteiger partial charge in [0.15, 0.2) is 0 Å². The highest BCUT2D eigenvalue weighted by Crippen LogP contribution is 2.65. The second-order valence-corrected chi connectivity index (χ2v) is 9.73. The van der Waals surface area contributed by atoms with Gasteiger partial charge in [0.2, 0.25) is 0 Å². The molecule has 0 radical (unpaired) electrons. The van der Waals surface area contributed by atoms with Gasteiger partial charge in [-0.25, -0.2) is 0 Å². The number of carbonyl (C=O) groups is 1. The first-order valence-corrected chi connectivity index (χ1v) is 10.5. The highest BCUT2D eigenvalue weighted by Gasteiger charge is 2.61. The Morgan fingerprint density at radius 1 is 1.15 bits per heavy atom. The number of hydrogen-bond donors (Lipinski definition) is 2. The van der Waals surface area contributed by atoms with Crippen LogP contribution in [0.5, 0.6) is 0 Å². The molecule has 7 atom stereocenters. The van der Waals surface area contributed by atoms with Gasteiger partial charge in [0, 0.05) is 18.9 Å². The minimum absolute atomic E-state index is 0.0298. The summed E-state index contributed by atoms with van der Waals surface area (Å²) in [6.07, 6.45) is 7.50. The Bertz CT molecular complexity index is 606. The highest BCUT2D eigenvalue weighted by molar-refractivity contribution is 5.93. The molecule has 5 nitrogen and oxygen atoms in total. The van der Waals surface area contributed by atoms with Crippen LogP contribution in [0.2, 0.25) is 0 Å². The van der Waals surface area contributed by atoms with E-state index in [1.807, 2.05) is 0 Å². The lowest BCUT2D eigenvalue weighted by Gasteiger charge is -2.59. The quantitative estimate of drug-likeness (QED) is 0.597. The Labute approximate surface area is 156 Å². The number of aliphatic hydroxyl groups is 1. The van der Waals surface area contributed by atoms with Gasteiger partial charge in [-0.15, -0.1) is 0 Å². The molecule has 0 aliphatic heterocycles. The summed E-state index contributed by atoms with van der Waals surface area (Å²) < 4.78 is 0. The topological polar surface area (TPSA) is 84.9 Å². The largest absolute Gasteiger partial charge is 0.395 e. The van der Waals surface area contributed by atoms with Crippen molar-refractivity contribution in [3.05, 3.63) is 0 Å². The van der Waals surface area contributed by atoms with E-state index in [0.717, 1.165) is 50.7 Å². The molecular formula is C21H34N2O3. The van der Waals surface area contributed by atoms with Crippen molar-refractivity contribution in [2.24, 2.45) is 45.4 Å². The summed E-state index contributed by atoms with van der Waals surface area (Å²) in [5.74, 6) is 2.10. The molecular weight excluding hydrogens is 328 g/mol. The van der Waals surface area contributed by atoms with Crippen LogP contribution < -0.4 is 5.73 Å². The van der Waals surface area contributed by atoms with E-state index in [2.05, 4.69) is 19.0 Å². The zero-order valence-corrected chi connectivity index (χ0v) is 16.2. The molecule has 26 heavy (non-hydrogen) atoms. The normalized spacial score (nSPS) is 49.5. The molecule has 4 saturated carbocycles. The summed E-state index contributed by atoms with van der Waals surface area (Å²) in [4.78, 5) is 18.4. The lowest BCUT2D eigenvalue weighted by Crippen LogP contribution is -2.57. The third-order valence-corrected chi connectivity index (χ3v) is 8.65. The van der Waals surface area contributed by atoms with Crippen molar-refractivity contribution in [2.75, 3.05) is 13.2 Å². The van der Waals surface area contributed by atoms with Crippen molar-refractivity contribution in [3.63, 3.8) is 0 Å². The fourth-order valence-electron chi connectivity index (χ4n) is 7.09. The Morgan fingerprint density at radius 3 is 2.69 bits per heavy atom. The number of nitrogens with zero attached hydrogens (tertiary/aromatic N) is 1. The fourth-order valence-corrected chi connectivity index (χ4v) is 7.09. The average molecular weight is 363 g/mol. The van der Waals surface area contributed by atoms with E-state index in [1.54, 1.807) is 0 Å². The molecule has 4 aliphatic carbocycles. The van der Waals surface area contributed by atoms with E-state index in [-0.39, 0.29) is 22.9 Å². The minimum Gasteiger partial charge on any atom is -0.395 e. The fraction of sp³-hybridized carbons (Fsp3) is 0.905. The van der Waals surface area contributed by atoms with Crippen LogP contribution >= 0.6 is 0 Å². The zero-order valence-electron chi connectivity index (χ0n) is 16.2. The van der Waals surface area contributed by atoms with Gasteiger partial charge in [-0.05, 0) is 73.5 Å². The standard InChI is InChI=1S/C21H34N2O3/c1-20-7-5-13(23-26-10-9-22)11-17(20)18(24)12-14-15-3-4-19(25)21(15,2)8-6-16(14)20/h14-17,19,25H,3-12,22H2,1-2H3/b23-13+/t14-,15-,16-,17-,19-,20+,21-/m0/s1. The van der Waals surface area contributed by atoms with Crippen LogP contribution in [0, 0.1) is 34.5 Å². The summed E-state index contributed by atoms with van der Waals surface area (Å²) in [5, 5.41) is 14.8. The first-order valence-electron chi connectivity index (χ1n) is 10.5. The first kappa shape index (κ1) is 18.4. The third-order valence-electron chi connectivity index (χ3n) is 8.65. The number of oxime groups is 1. The van der Waals surface area contributed by atoms with Crippen LogP contribution in [0.15, 0.2) is 5.16 Å². The van der Waals surface area contributed by atoms with Gasteiger partial charge in [-0.1, -0.05) is 19.0 Å². The summed E-state index contributed by atoms with van der Waals surface area (Å²) in [6, 6.07) is 0. The SMILES string of the molecule is C[C@]12CC/C(=N\OCCN)C[C@H]1C(=O)C[C@@H]1[C@@H]2CC[C@]2(C)[C@@H](O)CC[C@@H]12. The summed E-state index contributed by atoms with van der Waals surface area (Å²) in [5.41, 5.74) is 6.61. The Balaban J connectivity index is 1.56. The van der Waals surface area contributed by atoms with Gasteiger partial charge >= 0.3 is 0 Å². The van der Waals surface area contributed by atoms with E-state index in [9.17, 15) is 9.90 Å². The lowest BCUT2D eigenvalue weighted by atomic mass is 9.45. The van der Waals surface area contributed by atoms with Crippen molar-refractivity contribution in [2.45, 2.75) is 71.3 Å². The molecule has 0 aromatic heterocycles. The van der Waals surface area contributed by atoms with Gasteiger partial charge in [-0.3, -0.25) is 4.79 Å². The zero-order chi connectivity index (χ0) is 18.5. The van der Waals surface area contributed by atoms with Gasteiger partial charge in [-0.2, -0.15) is 0 Å². The van der Waals surface area contributed by atoms with Gasteiger partial charge < -0.3 is 15.7 Å². The summed E-state index contributed by atoms with van der Waals surface area (Å²) in [7, 11) is 0. The molecule has 0 amide bonds. The molecule has 4 aliphatic rings. The molecule has 3 N–H and O–H groups in total. The Kier molecular flexibility index (Phi) is 4.67. The molecule has 146 valence electrons. The van der Waals surface area contributed by atoms with E-state index < -0.39 is 0 Å². The third kappa shape index (κ3) is 2.65. The molecule has 0 bridgehead atoms. The van der Waals surface area contributed by atoms with E-state index in [0.29, 0.717) is 43.1 Å². The Hall–Kier alpha value is -0.940. The van der Waals surface area contributed by atoms with Gasteiger partial charge in [0.25, 0.3) is 0 Å². The van der Waals surface area contributed by atoms with Crippen LogP contribution in [-0.4, -0.2) is 35.9 Å². The molecule has 0 saturated heterocycles. The summed E-state index contributed by atoms with van der Waals surface area (Å²) in [6.45, 7) is 5.53. The monoisotopic (exact) mass is 362 g/mol. The minimum atomic E-state index is -0.182. The maximum Gasteiger partial charge on any atom is 0.137 e. The number of aliphatic hydroxyl groups excluding tert-OH is 1. The first-order chi connectivity index (χ1) is 12.4. The predicted octanol–water partition coefficient (Wildman–Crippen LogP) is 2.90. The second-order valence-electron chi connectivity index (χ2n) is 9.73. The number of Topliss-reactive ketones (excluding diaryl/α,β-unsaturated/α-hetero) is 1. The van der Waals surface area contributed by atoms with E-state index in [4.69, 9.17) is 10.6 Å². The predicted molar refractivity (Wildman–Crippen MR) is 101 cm³/mol. The molecule has 0 aromatic rings. The number of rotatable bonds is 3. The number of fused-ring (bicyclic) bond motifs is 5. The van der Waals surface area contributed by atoms with Crippen molar-refractivity contribution < 1.29 is 14.7 Å². The van der Waals surface area contributed by atoms with Crippen LogP contribution in [0.3, 0.4) is 0 Å². The smallest absolute Gasteiger partial charge is 0.137 e. The molecule has 0 aromatic carbocycles. The van der Waals surface area contributed by atoms with Crippen LogP contribution in [0.1, 0.15) is 65.2 Å². The van der Waals surface area contributed by atoms with Crippen molar-refractivity contribution in [1.29, 1.82) is 0 Å². The maximum atomic E-state index is 13.2. The maximum absolute atomic E-state index is 13.2. The number of nitrogens with two attached hydrogens (primary N) is 1. The average Bonchev–Trinajstić information content (AvgIpc) is 2.92. The number of carbonyl (C=O) groups excluding carboxylic acids is 1. The summed E-state index contributed by atoms with van der Waals surface area (Å²) >= 11 is 0. The Morgan fingerprint density at radius 2 is 1.92 bits per heavy atom. The van der Waals surface area contributed by atoms with Crippen LogP contribution in [0.25, 0.3) is 0 Å². The van der Waals surface area contributed by atoms with Gasteiger partial charge in [0.05, 0.1) is 11.8 Å². The molecule has 0 spiro atoms. The molecule has 0 unspecified atom stereocenters. The molecule has 4 rings (SSSR count). The van der Waals surface area contributed by atoms with Crippen molar-refractivity contribution >= 4 is 11.5 Å². The van der Waals surface area contributed by atoms with Crippen LogP contribution in [0.4, 0.5) is 0 Å². The second kappa shape index (κ2) is 6.59. The van der Waals surface area contributed by atoms with E-state index in [1.165, 1.54) is 0 Å². The lowest BCUT2D eigenvalue weighted by molar-refractivity contribution is -0.152. The molecule has 0 heterocycles. The number of ketones is 1. The highest BCUT2D eigenvalue weighted by atomic mass is 16.6. The number of hydrogen-bond acceptors (Lipinski definition) is 5. The van der Waals surface area contributed by atoms with Crippen molar-refractivity contribution in [1.82, 2.24) is 0 Å².